The lowest BCUT2D eigenvalue weighted by atomic mass is 10.1. The Morgan fingerprint density at radius 3 is 2.38 bits per heavy atom. The van der Waals surface area contributed by atoms with Crippen molar-refractivity contribution in [2.24, 2.45) is 0 Å². The molecule has 0 N–H and O–H groups in total. The molecular formula is C14H18ClNO4S. The molecule has 7 heteroatoms. The number of ether oxygens (including phenoxy) is 2. The molecule has 2 heterocycles. The fraction of sp³-hybridized carbons (Fsp3) is 0.571. The third kappa shape index (κ3) is 2.83. The van der Waals surface area contributed by atoms with Crippen LogP contribution in [0.2, 0.25) is 5.02 Å². The first-order valence-corrected chi connectivity index (χ1v) is 8.79. The first kappa shape index (κ1) is 15.2. The highest BCUT2D eigenvalue weighted by Gasteiger charge is 2.42. The minimum atomic E-state index is -3.51. The van der Waals surface area contributed by atoms with Crippen molar-refractivity contribution in [3.63, 3.8) is 0 Å². The lowest BCUT2D eigenvalue weighted by molar-refractivity contribution is -0.179. The molecule has 1 aromatic rings. The Morgan fingerprint density at radius 2 is 1.81 bits per heavy atom. The number of aryl methyl sites for hydroxylation is 1. The standard InChI is InChI=1S/C14H18ClNO4S/c1-11-2-3-12(10-13(11)15)21(17,18)16-6-4-14(5-7-16)19-8-9-20-14/h2-3,10H,4-9H2,1H3. The first-order chi connectivity index (χ1) is 9.93. The van der Waals surface area contributed by atoms with Crippen molar-refractivity contribution in [3.05, 3.63) is 28.8 Å². The Morgan fingerprint density at radius 1 is 1.19 bits per heavy atom. The maximum atomic E-state index is 12.6. The minimum Gasteiger partial charge on any atom is -0.347 e. The molecule has 5 nitrogen and oxygen atoms in total. The zero-order valence-electron chi connectivity index (χ0n) is 11.8. The first-order valence-electron chi connectivity index (χ1n) is 6.97. The molecule has 2 saturated heterocycles. The summed E-state index contributed by atoms with van der Waals surface area (Å²) in [6, 6.07) is 4.84. The zero-order valence-corrected chi connectivity index (χ0v) is 13.4. The summed E-state index contributed by atoms with van der Waals surface area (Å²) < 4.78 is 38.0. The molecule has 0 unspecified atom stereocenters. The Balaban J connectivity index is 1.78. The number of hydrogen-bond donors (Lipinski definition) is 0. The monoisotopic (exact) mass is 331 g/mol. The number of piperidine rings is 1. The van der Waals surface area contributed by atoms with E-state index in [1.54, 1.807) is 12.1 Å². The number of halogens is 1. The van der Waals surface area contributed by atoms with Crippen molar-refractivity contribution < 1.29 is 17.9 Å². The predicted octanol–water partition coefficient (Wildman–Crippen LogP) is 2.18. The maximum absolute atomic E-state index is 12.6. The van der Waals surface area contributed by atoms with Crippen LogP contribution in [-0.2, 0) is 19.5 Å². The van der Waals surface area contributed by atoms with E-state index in [-0.39, 0.29) is 4.90 Å². The van der Waals surface area contributed by atoms with E-state index in [0.717, 1.165) is 5.56 Å². The largest absolute Gasteiger partial charge is 0.347 e. The van der Waals surface area contributed by atoms with Gasteiger partial charge in [-0.1, -0.05) is 17.7 Å². The molecule has 0 atom stereocenters. The smallest absolute Gasteiger partial charge is 0.243 e. The van der Waals surface area contributed by atoms with Crippen LogP contribution in [0.4, 0.5) is 0 Å². The van der Waals surface area contributed by atoms with Gasteiger partial charge in [0.2, 0.25) is 10.0 Å². The second-order valence-electron chi connectivity index (χ2n) is 5.42. The normalized spacial score (nSPS) is 22.8. The van der Waals surface area contributed by atoms with E-state index in [9.17, 15) is 8.42 Å². The highest BCUT2D eigenvalue weighted by atomic mass is 35.5. The Labute approximate surface area is 129 Å². The van der Waals surface area contributed by atoms with Crippen LogP contribution < -0.4 is 0 Å². The van der Waals surface area contributed by atoms with Crippen LogP contribution >= 0.6 is 11.6 Å². The van der Waals surface area contributed by atoms with E-state index in [1.165, 1.54) is 10.4 Å². The van der Waals surface area contributed by atoms with Gasteiger partial charge in [0, 0.05) is 31.0 Å². The summed E-state index contributed by atoms with van der Waals surface area (Å²) in [5, 5.41) is 0.465. The Bertz CT molecular complexity index is 630. The van der Waals surface area contributed by atoms with Crippen molar-refractivity contribution in [3.8, 4) is 0 Å². The van der Waals surface area contributed by atoms with Gasteiger partial charge in [0.25, 0.3) is 0 Å². The van der Waals surface area contributed by atoms with E-state index in [2.05, 4.69) is 0 Å². The van der Waals surface area contributed by atoms with Crippen LogP contribution in [-0.4, -0.2) is 44.8 Å². The highest BCUT2D eigenvalue weighted by molar-refractivity contribution is 7.89. The molecule has 1 spiro atoms. The highest BCUT2D eigenvalue weighted by Crippen LogP contribution is 2.33. The second kappa shape index (κ2) is 5.52. The summed E-state index contributed by atoms with van der Waals surface area (Å²) >= 11 is 6.03. The number of sulfonamides is 1. The summed E-state index contributed by atoms with van der Waals surface area (Å²) in [5.41, 5.74) is 0.862. The minimum absolute atomic E-state index is 0.238. The van der Waals surface area contributed by atoms with Gasteiger partial charge in [0.15, 0.2) is 5.79 Å². The fourth-order valence-corrected chi connectivity index (χ4v) is 4.45. The Hall–Kier alpha value is -0.660. The van der Waals surface area contributed by atoms with Crippen LogP contribution in [0, 0.1) is 6.92 Å². The van der Waals surface area contributed by atoms with Crippen molar-refractivity contribution in [1.82, 2.24) is 4.31 Å². The Kier molecular flexibility index (Phi) is 4.00. The van der Waals surface area contributed by atoms with Crippen LogP contribution in [0.25, 0.3) is 0 Å². The topological polar surface area (TPSA) is 55.8 Å². The quantitative estimate of drug-likeness (QED) is 0.833. The molecule has 0 amide bonds. The predicted molar refractivity (Wildman–Crippen MR) is 78.8 cm³/mol. The third-order valence-corrected chi connectivity index (χ3v) is 6.38. The molecule has 2 aliphatic rings. The fourth-order valence-electron chi connectivity index (χ4n) is 2.74. The SMILES string of the molecule is Cc1ccc(S(=O)(=O)N2CCC3(CC2)OCCO3)cc1Cl. The number of benzene rings is 1. The summed E-state index contributed by atoms with van der Waals surface area (Å²) in [4.78, 5) is 0.238. The van der Waals surface area contributed by atoms with Crippen molar-refractivity contribution in [2.45, 2.75) is 30.4 Å². The second-order valence-corrected chi connectivity index (χ2v) is 7.77. The van der Waals surface area contributed by atoms with Gasteiger partial charge in [-0.05, 0) is 24.6 Å². The van der Waals surface area contributed by atoms with Gasteiger partial charge < -0.3 is 9.47 Å². The lowest BCUT2D eigenvalue weighted by Crippen LogP contribution is -2.47. The van der Waals surface area contributed by atoms with Gasteiger partial charge in [-0.25, -0.2) is 8.42 Å². The summed E-state index contributed by atoms with van der Waals surface area (Å²) in [6.45, 7) is 3.81. The van der Waals surface area contributed by atoms with Crippen molar-refractivity contribution in [2.75, 3.05) is 26.3 Å². The van der Waals surface area contributed by atoms with Crippen LogP contribution in [0.3, 0.4) is 0 Å². The van der Waals surface area contributed by atoms with E-state index >= 15 is 0 Å². The molecule has 0 bridgehead atoms. The summed E-state index contributed by atoms with van der Waals surface area (Å²) in [7, 11) is -3.51. The molecule has 1 aromatic carbocycles. The molecule has 2 aliphatic heterocycles. The van der Waals surface area contributed by atoms with Gasteiger partial charge in [-0.2, -0.15) is 4.31 Å². The van der Waals surface area contributed by atoms with E-state index < -0.39 is 15.8 Å². The van der Waals surface area contributed by atoms with Gasteiger partial charge in [-0.3, -0.25) is 0 Å². The maximum Gasteiger partial charge on any atom is 0.243 e. The van der Waals surface area contributed by atoms with E-state index in [4.69, 9.17) is 21.1 Å². The molecular weight excluding hydrogens is 314 g/mol. The summed E-state index contributed by atoms with van der Waals surface area (Å²) in [6.07, 6.45) is 1.12. The van der Waals surface area contributed by atoms with Gasteiger partial charge in [0.1, 0.15) is 0 Å². The molecule has 0 aliphatic carbocycles. The number of nitrogens with zero attached hydrogens (tertiary/aromatic N) is 1. The van der Waals surface area contributed by atoms with Gasteiger partial charge >= 0.3 is 0 Å². The van der Waals surface area contributed by atoms with Crippen LogP contribution in [0.1, 0.15) is 18.4 Å². The molecule has 0 aromatic heterocycles. The van der Waals surface area contributed by atoms with Crippen molar-refractivity contribution >= 4 is 21.6 Å². The van der Waals surface area contributed by atoms with E-state index in [0.29, 0.717) is 44.2 Å². The molecule has 116 valence electrons. The third-order valence-electron chi connectivity index (χ3n) is 4.08. The van der Waals surface area contributed by atoms with Crippen molar-refractivity contribution in [1.29, 1.82) is 0 Å². The number of hydrogen-bond acceptors (Lipinski definition) is 4. The number of rotatable bonds is 2. The molecule has 0 radical (unpaired) electrons. The van der Waals surface area contributed by atoms with Crippen LogP contribution in [0.15, 0.2) is 23.1 Å². The van der Waals surface area contributed by atoms with Gasteiger partial charge in [-0.15, -0.1) is 0 Å². The average Bonchev–Trinajstić information content (AvgIpc) is 2.90. The van der Waals surface area contributed by atoms with Crippen LogP contribution in [0.5, 0.6) is 0 Å². The zero-order chi connectivity index (χ0) is 15.1. The van der Waals surface area contributed by atoms with E-state index in [1.807, 2.05) is 6.92 Å². The lowest BCUT2D eigenvalue weighted by Gasteiger charge is -2.36. The molecule has 0 saturated carbocycles. The molecule has 21 heavy (non-hydrogen) atoms. The molecule has 2 fully saturated rings. The average molecular weight is 332 g/mol. The van der Waals surface area contributed by atoms with Gasteiger partial charge in [0.05, 0.1) is 18.1 Å². The summed E-state index contributed by atoms with van der Waals surface area (Å²) in [5.74, 6) is -0.572. The molecule has 3 rings (SSSR count).